The summed E-state index contributed by atoms with van der Waals surface area (Å²) < 4.78 is 1.63. The van der Waals surface area contributed by atoms with Gasteiger partial charge in [-0.2, -0.15) is 0 Å². The molecule has 0 fully saturated rings. The fourth-order valence-electron chi connectivity index (χ4n) is 1.21. The van der Waals surface area contributed by atoms with Crippen molar-refractivity contribution in [2.45, 2.75) is 34.1 Å². The van der Waals surface area contributed by atoms with Crippen LogP contribution in [0.2, 0.25) is 0 Å². The summed E-state index contributed by atoms with van der Waals surface area (Å²) in [5.41, 5.74) is 3.48. The summed E-state index contributed by atoms with van der Waals surface area (Å²) in [6.07, 6.45) is 3.59. The molecule has 0 atom stereocenters. The molecule has 0 saturated heterocycles. The zero-order valence-corrected chi connectivity index (χ0v) is 12.5. The zero-order chi connectivity index (χ0) is 8.65. The van der Waals surface area contributed by atoms with Crippen molar-refractivity contribution in [3.63, 3.8) is 0 Å². The van der Waals surface area contributed by atoms with Crippen molar-refractivity contribution in [3.05, 3.63) is 20.5 Å². The molecule has 0 heterocycles. The molecular formula is C10H15Cl2Zr. The Hall–Kier alpha value is 0.943. The van der Waals surface area contributed by atoms with Crippen LogP contribution in [-0.2, 0) is 24.7 Å². The summed E-state index contributed by atoms with van der Waals surface area (Å²) in [6, 6.07) is 0. The molecule has 0 spiro atoms. The first-order chi connectivity index (χ1) is 4.91. The second-order valence-electron chi connectivity index (χ2n) is 4.26. The predicted molar refractivity (Wildman–Crippen MR) is 44.9 cm³/mol. The van der Waals surface area contributed by atoms with E-state index >= 15 is 0 Å². The number of allylic oxidation sites excluding steroid dienone is 4. The molecule has 0 aromatic carbocycles. The van der Waals surface area contributed by atoms with Crippen molar-refractivity contribution in [1.29, 1.82) is 0 Å². The Morgan fingerprint density at radius 3 is 1.85 bits per heavy atom. The summed E-state index contributed by atoms with van der Waals surface area (Å²) in [4.78, 5) is 0. The first-order valence-corrected chi connectivity index (χ1v) is 5.26. The van der Waals surface area contributed by atoms with Crippen molar-refractivity contribution < 1.29 is 49.5 Å². The number of hydrogen-bond acceptors (Lipinski definition) is 0. The van der Waals surface area contributed by atoms with E-state index in [0.29, 0.717) is 5.41 Å². The van der Waals surface area contributed by atoms with Gasteiger partial charge in [0.05, 0.1) is 0 Å². The maximum absolute atomic E-state index is 2.37. The SMILES string of the molecule is CC1=[C]([Zr+2])CC(C(C)(C)C)=C1.[Cl-].[Cl-]. The molecule has 1 rings (SSSR count). The minimum absolute atomic E-state index is 0. The topological polar surface area (TPSA) is 0 Å². The van der Waals surface area contributed by atoms with Gasteiger partial charge in [-0.05, 0) is 0 Å². The summed E-state index contributed by atoms with van der Waals surface area (Å²) in [7, 11) is 0. The summed E-state index contributed by atoms with van der Waals surface area (Å²) >= 11 is 1.58. The Kier molecular flexibility index (Phi) is 7.22. The van der Waals surface area contributed by atoms with E-state index in [4.69, 9.17) is 0 Å². The molecule has 0 unspecified atom stereocenters. The van der Waals surface area contributed by atoms with E-state index in [1.807, 2.05) is 0 Å². The molecule has 1 aliphatic carbocycles. The molecule has 0 radical (unpaired) electrons. The third kappa shape index (κ3) is 4.32. The van der Waals surface area contributed by atoms with E-state index in [1.165, 1.54) is 12.0 Å². The molecule has 1 aliphatic rings. The van der Waals surface area contributed by atoms with Crippen LogP contribution >= 0.6 is 0 Å². The molecule has 0 nitrogen and oxygen atoms in total. The number of hydrogen-bond donors (Lipinski definition) is 0. The number of rotatable bonds is 0. The van der Waals surface area contributed by atoms with Crippen LogP contribution in [0.25, 0.3) is 0 Å². The van der Waals surface area contributed by atoms with Crippen molar-refractivity contribution in [2.75, 3.05) is 0 Å². The molecule has 73 valence electrons. The average molecular weight is 297 g/mol. The molecule has 3 heteroatoms. The van der Waals surface area contributed by atoms with Crippen molar-refractivity contribution in [3.8, 4) is 0 Å². The van der Waals surface area contributed by atoms with Gasteiger partial charge in [0.25, 0.3) is 0 Å². The first-order valence-electron chi connectivity index (χ1n) is 4.03. The van der Waals surface area contributed by atoms with Gasteiger partial charge >= 0.3 is 84.8 Å². The minimum atomic E-state index is 0. The summed E-state index contributed by atoms with van der Waals surface area (Å²) in [5.74, 6) is 0. The van der Waals surface area contributed by atoms with Gasteiger partial charge in [0.15, 0.2) is 0 Å². The van der Waals surface area contributed by atoms with Crippen LogP contribution in [0.5, 0.6) is 0 Å². The van der Waals surface area contributed by atoms with Gasteiger partial charge in [0.1, 0.15) is 0 Å². The van der Waals surface area contributed by atoms with Gasteiger partial charge in [0.2, 0.25) is 0 Å². The Labute approximate surface area is 109 Å². The van der Waals surface area contributed by atoms with E-state index < -0.39 is 0 Å². The predicted octanol–water partition coefficient (Wildman–Crippen LogP) is -2.81. The van der Waals surface area contributed by atoms with Gasteiger partial charge < -0.3 is 24.8 Å². The van der Waals surface area contributed by atoms with Crippen molar-refractivity contribution in [2.24, 2.45) is 5.41 Å². The maximum Gasteiger partial charge on any atom is -1.00 e. The molecule has 0 N–H and O–H groups in total. The van der Waals surface area contributed by atoms with Crippen LogP contribution in [0, 0.1) is 5.41 Å². The first kappa shape index (κ1) is 16.4. The third-order valence-electron chi connectivity index (χ3n) is 2.20. The van der Waals surface area contributed by atoms with Crippen LogP contribution in [0.15, 0.2) is 20.5 Å². The van der Waals surface area contributed by atoms with Gasteiger partial charge in [-0.1, -0.05) is 0 Å². The molecule has 0 amide bonds. The normalized spacial score (nSPS) is 16.3. The molecule has 0 aromatic rings. The molecule has 0 aliphatic heterocycles. The average Bonchev–Trinajstić information content (AvgIpc) is 2.11. The van der Waals surface area contributed by atoms with E-state index in [-0.39, 0.29) is 24.8 Å². The Bertz CT molecular complexity index is 234. The molecule has 0 aromatic heterocycles. The largest absolute Gasteiger partial charge is 1.00 e. The monoisotopic (exact) mass is 295 g/mol. The van der Waals surface area contributed by atoms with Crippen LogP contribution in [-0.4, -0.2) is 0 Å². The molecule has 0 bridgehead atoms. The van der Waals surface area contributed by atoms with E-state index in [9.17, 15) is 0 Å². The van der Waals surface area contributed by atoms with E-state index in [2.05, 4.69) is 33.8 Å². The second-order valence-corrected chi connectivity index (χ2v) is 5.74. The fourth-order valence-corrected chi connectivity index (χ4v) is 1.86. The fraction of sp³-hybridized carbons (Fsp3) is 0.600. The van der Waals surface area contributed by atoms with E-state index in [0.717, 1.165) is 0 Å². The van der Waals surface area contributed by atoms with Gasteiger partial charge in [-0.25, -0.2) is 0 Å². The van der Waals surface area contributed by atoms with Crippen molar-refractivity contribution in [1.82, 2.24) is 0 Å². The molecule has 13 heavy (non-hydrogen) atoms. The van der Waals surface area contributed by atoms with Gasteiger partial charge in [-0.15, -0.1) is 0 Å². The Morgan fingerprint density at radius 2 is 1.69 bits per heavy atom. The Balaban J connectivity index is 0. The van der Waals surface area contributed by atoms with Crippen molar-refractivity contribution >= 4 is 0 Å². The minimum Gasteiger partial charge on any atom is -1.00 e. The third-order valence-corrected chi connectivity index (χ3v) is 3.60. The van der Waals surface area contributed by atoms with E-state index in [1.54, 1.807) is 33.6 Å². The zero-order valence-electron chi connectivity index (χ0n) is 8.54. The van der Waals surface area contributed by atoms with Crippen LogP contribution in [0.4, 0.5) is 0 Å². The quantitative estimate of drug-likeness (QED) is 0.453. The van der Waals surface area contributed by atoms with Gasteiger partial charge in [-0.3, -0.25) is 0 Å². The standard InChI is InChI=1S/C10H15.2ClH.Zr/c1-8-5-6-9(7-8)10(2,3)4;;;/h7H,6H2,1-4H3;2*1H;/q;;;+2/p-2. The van der Waals surface area contributed by atoms with Gasteiger partial charge in [0, 0.05) is 0 Å². The molecule has 0 saturated carbocycles. The van der Waals surface area contributed by atoms with Crippen LogP contribution in [0.1, 0.15) is 34.1 Å². The summed E-state index contributed by atoms with van der Waals surface area (Å²) in [5, 5.41) is 0. The number of halogens is 2. The smallest absolute Gasteiger partial charge is 1.00 e. The van der Waals surface area contributed by atoms with Crippen LogP contribution in [0.3, 0.4) is 0 Å². The van der Waals surface area contributed by atoms with Crippen LogP contribution < -0.4 is 24.8 Å². The Morgan fingerprint density at radius 1 is 1.23 bits per heavy atom. The second kappa shape index (κ2) is 5.73. The maximum atomic E-state index is 2.37. The summed E-state index contributed by atoms with van der Waals surface area (Å²) in [6.45, 7) is 9.10. The molecular weight excluding hydrogens is 282 g/mol.